The van der Waals surface area contributed by atoms with E-state index in [2.05, 4.69) is 4.90 Å². The third-order valence-electron chi connectivity index (χ3n) is 4.42. The first kappa shape index (κ1) is 17.7. The van der Waals surface area contributed by atoms with Gasteiger partial charge in [0.15, 0.2) is 0 Å². The molecule has 0 bridgehead atoms. The number of nitrogens with zero attached hydrogens (tertiary/aromatic N) is 2. The van der Waals surface area contributed by atoms with Gasteiger partial charge in [0.05, 0.1) is 11.0 Å². The summed E-state index contributed by atoms with van der Waals surface area (Å²) in [6.45, 7) is 0.692. The number of hydrogen-bond acceptors (Lipinski definition) is 5. The fourth-order valence-corrected chi connectivity index (χ4v) is 3.11. The molecule has 0 saturated heterocycles. The number of nitro benzene ring substituents is 1. The summed E-state index contributed by atoms with van der Waals surface area (Å²) in [5.74, 6) is 0.412. The number of non-ortho nitro benzene ring substituents is 1. The van der Waals surface area contributed by atoms with Crippen molar-refractivity contribution in [3.8, 4) is 5.75 Å². The number of ether oxygens (including phenoxy) is 1. The quantitative estimate of drug-likeness (QED) is 0.474. The predicted molar refractivity (Wildman–Crippen MR) is 88.7 cm³/mol. The molecule has 1 unspecified atom stereocenters. The van der Waals surface area contributed by atoms with E-state index in [9.17, 15) is 15.2 Å². The van der Waals surface area contributed by atoms with Crippen molar-refractivity contribution >= 4 is 5.69 Å². The molecule has 0 aliphatic heterocycles. The largest absolute Gasteiger partial charge is 0.491 e. The Kier molecular flexibility index (Phi) is 6.80. The highest BCUT2D eigenvalue weighted by molar-refractivity contribution is 5.37. The van der Waals surface area contributed by atoms with Crippen molar-refractivity contribution in [2.45, 2.75) is 50.7 Å². The third-order valence-corrected chi connectivity index (χ3v) is 4.42. The van der Waals surface area contributed by atoms with Gasteiger partial charge in [-0.3, -0.25) is 10.1 Å². The van der Waals surface area contributed by atoms with Crippen LogP contribution in [-0.4, -0.2) is 47.3 Å². The molecule has 6 heteroatoms. The molecule has 1 aromatic carbocycles. The highest BCUT2D eigenvalue weighted by Gasteiger charge is 2.19. The molecule has 2 rings (SSSR count). The number of benzene rings is 1. The first-order valence-electron chi connectivity index (χ1n) is 8.32. The maximum absolute atomic E-state index is 10.7. The van der Waals surface area contributed by atoms with Gasteiger partial charge in [-0.2, -0.15) is 0 Å². The van der Waals surface area contributed by atoms with Crippen LogP contribution in [0.5, 0.6) is 5.75 Å². The molecule has 0 amide bonds. The van der Waals surface area contributed by atoms with Crippen molar-refractivity contribution in [2.75, 3.05) is 20.2 Å². The van der Waals surface area contributed by atoms with E-state index in [4.69, 9.17) is 4.74 Å². The molecule has 6 nitrogen and oxygen atoms in total. The van der Waals surface area contributed by atoms with Gasteiger partial charge in [0, 0.05) is 18.7 Å². The summed E-state index contributed by atoms with van der Waals surface area (Å²) in [4.78, 5) is 12.5. The molecule has 1 fully saturated rings. The Morgan fingerprint density at radius 1 is 1.35 bits per heavy atom. The smallest absolute Gasteiger partial charge is 0.273 e. The molecule has 0 aromatic heterocycles. The minimum atomic E-state index is -0.609. The van der Waals surface area contributed by atoms with E-state index in [1.165, 1.54) is 50.7 Å². The van der Waals surface area contributed by atoms with E-state index in [-0.39, 0.29) is 12.3 Å². The lowest BCUT2D eigenvalue weighted by Crippen LogP contribution is -2.39. The number of hydrogen-bond donors (Lipinski definition) is 1. The standard InChI is InChI=1S/C17H26N2O4/c1-18(14-7-4-2-3-5-8-14)12-16(20)13-23-17-10-6-9-15(11-17)19(21)22/h6,9-11,14,16,20H,2-5,7-8,12-13H2,1H3. The maximum Gasteiger partial charge on any atom is 0.273 e. The zero-order chi connectivity index (χ0) is 16.7. The fourth-order valence-electron chi connectivity index (χ4n) is 3.11. The average Bonchev–Trinajstić information content (AvgIpc) is 2.82. The molecule has 1 N–H and O–H groups in total. The van der Waals surface area contributed by atoms with E-state index < -0.39 is 11.0 Å². The van der Waals surface area contributed by atoms with E-state index in [0.29, 0.717) is 18.3 Å². The Morgan fingerprint density at radius 2 is 2.04 bits per heavy atom. The summed E-state index contributed by atoms with van der Waals surface area (Å²) < 4.78 is 5.49. The van der Waals surface area contributed by atoms with Gasteiger partial charge in [-0.25, -0.2) is 0 Å². The summed E-state index contributed by atoms with van der Waals surface area (Å²) in [6, 6.07) is 6.57. The fraction of sp³-hybridized carbons (Fsp3) is 0.647. The van der Waals surface area contributed by atoms with Crippen LogP contribution in [0.4, 0.5) is 5.69 Å². The second kappa shape index (κ2) is 8.84. The highest BCUT2D eigenvalue weighted by atomic mass is 16.6. The van der Waals surface area contributed by atoms with Crippen molar-refractivity contribution in [1.82, 2.24) is 4.90 Å². The third kappa shape index (κ3) is 5.80. The molecule has 1 saturated carbocycles. The Morgan fingerprint density at radius 3 is 2.70 bits per heavy atom. The number of aliphatic hydroxyl groups is 1. The van der Waals surface area contributed by atoms with Crippen molar-refractivity contribution in [1.29, 1.82) is 0 Å². The van der Waals surface area contributed by atoms with Crippen LogP contribution in [0.3, 0.4) is 0 Å². The molecule has 0 radical (unpaired) electrons. The van der Waals surface area contributed by atoms with Gasteiger partial charge in [0.2, 0.25) is 0 Å². The Bertz CT molecular complexity index is 501. The zero-order valence-electron chi connectivity index (χ0n) is 13.7. The number of likely N-dealkylation sites (N-methyl/N-ethyl adjacent to an activating group) is 1. The van der Waals surface area contributed by atoms with Gasteiger partial charge in [-0.1, -0.05) is 31.7 Å². The molecular formula is C17H26N2O4. The molecule has 128 valence electrons. The Labute approximate surface area is 137 Å². The first-order valence-corrected chi connectivity index (χ1v) is 8.32. The summed E-state index contributed by atoms with van der Waals surface area (Å²) in [5, 5.41) is 20.9. The normalized spacial score (nSPS) is 17.7. The second-order valence-electron chi connectivity index (χ2n) is 6.30. The lowest BCUT2D eigenvalue weighted by molar-refractivity contribution is -0.384. The minimum absolute atomic E-state index is 0.00689. The number of aliphatic hydroxyl groups excluding tert-OH is 1. The summed E-state index contributed by atoms with van der Waals surface area (Å²) in [6.07, 6.45) is 6.91. The van der Waals surface area contributed by atoms with Crippen molar-refractivity contribution < 1.29 is 14.8 Å². The van der Waals surface area contributed by atoms with Crippen molar-refractivity contribution in [3.05, 3.63) is 34.4 Å². The van der Waals surface area contributed by atoms with Crippen LogP contribution in [0.15, 0.2) is 24.3 Å². The minimum Gasteiger partial charge on any atom is -0.491 e. The molecule has 1 aromatic rings. The Balaban J connectivity index is 1.78. The van der Waals surface area contributed by atoms with Crippen LogP contribution in [0.25, 0.3) is 0 Å². The van der Waals surface area contributed by atoms with E-state index >= 15 is 0 Å². The monoisotopic (exact) mass is 322 g/mol. The molecule has 0 heterocycles. The van der Waals surface area contributed by atoms with Crippen LogP contribution in [0.1, 0.15) is 38.5 Å². The van der Waals surface area contributed by atoms with Crippen LogP contribution < -0.4 is 4.74 Å². The maximum atomic E-state index is 10.7. The second-order valence-corrected chi connectivity index (χ2v) is 6.30. The highest BCUT2D eigenvalue weighted by Crippen LogP contribution is 2.22. The van der Waals surface area contributed by atoms with Gasteiger partial charge in [-0.05, 0) is 26.0 Å². The summed E-state index contributed by atoms with van der Waals surface area (Å²) in [7, 11) is 2.05. The first-order chi connectivity index (χ1) is 11.1. The Hall–Kier alpha value is -1.66. The van der Waals surface area contributed by atoms with Gasteiger partial charge >= 0.3 is 0 Å². The average molecular weight is 322 g/mol. The van der Waals surface area contributed by atoms with Gasteiger partial charge in [0.1, 0.15) is 18.5 Å². The molecule has 1 atom stereocenters. The summed E-state index contributed by atoms with van der Waals surface area (Å²) >= 11 is 0. The molecule has 1 aliphatic carbocycles. The molecular weight excluding hydrogens is 296 g/mol. The lowest BCUT2D eigenvalue weighted by Gasteiger charge is -2.29. The van der Waals surface area contributed by atoms with Crippen molar-refractivity contribution in [2.24, 2.45) is 0 Å². The van der Waals surface area contributed by atoms with Crippen LogP contribution in [-0.2, 0) is 0 Å². The molecule has 23 heavy (non-hydrogen) atoms. The zero-order valence-corrected chi connectivity index (χ0v) is 13.7. The lowest BCUT2D eigenvalue weighted by atomic mass is 10.1. The van der Waals surface area contributed by atoms with Crippen LogP contribution in [0.2, 0.25) is 0 Å². The van der Waals surface area contributed by atoms with Crippen molar-refractivity contribution in [3.63, 3.8) is 0 Å². The SMILES string of the molecule is CN(CC(O)COc1cccc([N+](=O)[O-])c1)C1CCCCCC1. The molecule has 1 aliphatic rings. The van der Waals surface area contributed by atoms with Crippen LogP contribution >= 0.6 is 0 Å². The molecule has 0 spiro atoms. The van der Waals surface area contributed by atoms with Gasteiger partial charge in [-0.15, -0.1) is 0 Å². The number of rotatable bonds is 7. The van der Waals surface area contributed by atoms with Gasteiger partial charge < -0.3 is 14.7 Å². The van der Waals surface area contributed by atoms with E-state index in [0.717, 1.165) is 0 Å². The summed E-state index contributed by atoms with van der Waals surface area (Å²) in [5.41, 5.74) is -0.00689. The van der Waals surface area contributed by atoms with Crippen LogP contribution in [0, 0.1) is 10.1 Å². The van der Waals surface area contributed by atoms with Gasteiger partial charge in [0.25, 0.3) is 5.69 Å². The van der Waals surface area contributed by atoms with E-state index in [1.807, 2.05) is 7.05 Å². The topological polar surface area (TPSA) is 75.8 Å². The van der Waals surface area contributed by atoms with E-state index in [1.54, 1.807) is 12.1 Å². The predicted octanol–water partition coefficient (Wildman–Crippen LogP) is 2.99. The number of nitro groups is 1.